The van der Waals surface area contributed by atoms with Gasteiger partial charge in [0.05, 0.1) is 6.04 Å². The Labute approximate surface area is 107 Å². The van der Waals surface area contributed by atoms with Gasteiger partial charge in [-0.25, -0.2) is 0 Å². The molecule has 1 saturated carbocycles. The number of nitrogens with two attached hydrogens (primary N) is 1. The van der Waals surface area contributed by atoms with Gasteiger partial charge in [-0.1, -0.05) is 6.07 Å². The van der Waals surface area contributed by atoms with Crippen LogP contribution in [0.5, 0.6) is 0 Å². The summed E-state index contributed by atoms with van der Waals surface area (Å²) in [7, 11) is 1.87. The van der Waals surface area contributed by atoms with Crippen molar-refractivity contribution in [3.63, 3.8) is 0 Å². The first-order chi connectivity index (χ1) is 8.02. The molecule has 94 valence electrons. The largest absolute Gasteiger partial charge is 0.338 e. The van der Waals surface area contributed by atoms with Crippen molar-refractivity contribution in [2.24, 2.45) is 5.73 Å². The lowest BCUT2D eigenvalue weighted by atomic mass is 9.75. The first-order valence-electron chi connectivity index (χ1n) is 6.10. The molecule has 1 atom stereocenters. The number of thiophene rings is 1. The number of carbonyl (C=O) groups is 1. The van der Waals surface area contributed by atoms with Crippen molar-refractivity contribution >= 4 is 17.2 Å². The molecule has 1 aliphatic rings. The molecule has 4 heteroatoms. The third-order valence-corrected chi connectivity index (χ3v) is 4.82. The van der Waals surface area contributed by atoms with E-state index in [2.05, 4.69) is 13.0 Å². The SMILES string of the molecule is CC(c1cccs1)N(C)C(=O)CC1(N)CCC1. The van der Waals surface area contributed by atoms with Crippen molar-refractivity contribution < 1.29 is 4.79 Å². The number of carbonyl (C=O) groups excluding carboxylic acids is 1. The topological polar surface area (TPSA) is 46.3 Å². The molecule has 1 heterocycles. The van der Waals surface area contributed by atoms with Gasteiger partial charge in [-0.15, -0.1) is 11.3 Å². The minimum absolute atomic E-state index is 0.145. The van der Waals surface area contributed by atoms with E-state index in [1.54, 1.807) is 11.3 Å². The lowest BCUT2D eigenvalue weighted by molar-refractivity contribution is -0.133. The van der Waals surface area contributed by atoms with Crippen molar-refractivity contribution in [2.75, 3.05) is 7.05 Å². The van der Waals surface area contributed by atoms with Crippen molar-refractivity contribution in [3.8, 4) is 0 Å². The standard InChI is InChI=1S/C13H20N2OS/c1-10(11-5-3-8-17-11)15(2)12(16)9-13(14)6-4-7-13/h3,5,8,10H,4,6-7,9,14H2,1-2H3. The van der Waals surface area contributed by atoms with Gasteiger partial charge in [-0.2, -0.15) is 0 Å². The lowest BCUT2D eigenvalue weighted by Gasteiger charge is -2.39. The average Bonchev–Trinajstić information content (AvgIpc) is 2.78. The molecule has 2 rings (SSSR count). The van der Waals surface area contributed by atoms with Gasteiger partial charge < -0.3 is 10.6 Å². The number of hydrogen-bond acceptors (Lipinski definition) is 3. The molecule has 1 amide bonds. The fraction of sp³-hybridized carbons (Fsp3) is 0.615. The first-order valence-corrected chi connectivity index (χ1v) is 6.98. The van der Waals surface area contributed by atoms with Crippen LogP contribution in [0, 0.1) is 0 Å². The van der Waals surface area contributed by atoms with E-state index in [4.69, 9.17) is 5.73 Å². The highest BCUT2D eigenvalue weighted by Crippen LogP contribution is 2.33. The van der Waals surface area contributed by atoms with Gasteiger partial charge in [0.2, 0.25) is 5.91 Å². The highest BCUT2D eigenvalue weighted by Gasteiger charge is 2.36. The fourth-order valence-electron chi connectivity index (χ4n) is 2.17. The van der Waals surface area contributed by atoms with E-state index in [0.717, 1.165) is 19.3 Å². The Morgan fingerprint density at radius 2 is 2.35 bits per heavy atom. The monoisotopic (exact) mass is 252 g/mol. The van der Waals surface area contributed by atoms with E-state index >= 15 is 0 Å². The summed E-state index contributed by atoms with van der Waals surface area (Å²) < 4.78 is 0. The molecule has 0 aliphatic heterocycles. The zero-order valence-corrected chi connectivity index (χ0v) is 11.3. The van der Waals surface area contributed by atoms with Gasteiger partial charge in [0, 0.05) is 23.9 Å². The van der Waals surface area contributed by atoms with Crippen molar-refractivity contribution in [2.45, 2.75) is 44.2 Å². The van der Waals surface area contributed by atoms with Crippen LogP contribution >= 0.6 is 11.3 Å². The number of nitrogens with zero attached hydrogens (tertiary/aromatic N) is 1. The maximum atomic E-state index is 12.1. The summed E-state index contributed by atoms with van der Waals surface area (Å²) >= 11 is 1.69. The summed E-state index contributed by atoms with van der Waals surface area (Å²) in [6.07, 6.45) is 3.62. The van der Waals surface area contributed by atoms with Crippen LogP contribution in [0.4, 0.5) is 0 Å². The van der Waals surface area contributed by atoms with Gasteiger partial charge in [0.1, 0.15) is 0 Å². The molecule has 1 aliphatic carbocycles. The van der Waals surface area contributed by atoms with Crippen molar-refractivity contribution in [1.29, 1.82) is 0 Å². The Kier molecular flexibility index (Phi) is 3.54. The molecule has 0 spiro atoms. The number of amides is 1. The predicted octanol–water partition coefficient (Wildman–Crippen LogP) is 2.54. The molecule has 1 unspecified atom stereocenters. The third-order valence-electron chi connectivity index (χ3n) is 3.78. The molecule has 1 aromatic rings. The quantitative estimate of drug-likeness (QED) is 0.895. The van der Waals surface area contributed by atoms with E-state index < -0.39 is 0 Å². The minimum Gasteiger partial charge on any atom is -0.338 e. The third kappa shape index (κ3) is 2.69. The molecule has 1 fully saturated rings. The fourth-order valence-corrected chi connectivity index (χ4v) is 3.00. The second kappa shape index (κ2) is 4.78. The highest BCUT2D eigenvalue weighted by molar-refractivity contribution is 7.10. The molecule has 0 bridgehead atoms. The summed E-state index contributed by atoms with van der Waals surface area (Å²) in [5.74, 6) is 0.160. The Morgan fingerprint density at radius 1 is 1.65 bits per heavy atom. The van der Waals surface area contributed by atoms with Crippen LogP contribution in [0.1, 0.15) is 43.5 Å². The highest BCUT2D eigenvalue weighted by atomic mass is 32.1. The van der Waals surface area contributed by atoms with E-state index in [1.165, 1.54) is 4.88 Å². The zero-order chi connectivity index (χ0) is 12.5. The normalized spacial score (nSPS) is 19.5. The Morgan fingerprint density at radius 3 is 2.82 bits per heavy atom. The maximum Gasteiger partial charge on any atom is 0.224 e. The average molecular weight is 252 g/mol. The van der Waals surface area contributed by atoms with E-state index in [9.17, 15) is 4.79 Å². The van der Waals surface area contributed by atoms with E-state index in [0.29, 0.717) is 6.42 Å². The summed E-state index contributed by atoms with van der Waals surface area (Å²) in [5.41, 5.74) is 5.89. The molecule has 17 heavy (non-hydrogen) atoms. The predicted molar refractivity (Wildman–Crippen MR) is 70.9 cm³/mol. The first kappa shape index (κ1) is 12.6. The summed E-state index contributed by atoms with van der Waals surface area (Å²) in [5, 5.41) is 2.04. The van der Waals surface area contributed by atoms with Gasteiger partial charge in [-0.3, -0.25) is 4.79 Å². The van der Waals surface area contributed by atoms with Crippen LogP contribution in [-0.4, -0.2) is 23.4 Å². The van der Waals surface area contributed by atoms with Crippen LogP contribution in [0.2, 0.25) is 0 Å². The molecular formula is C13H20N2OS. The molecule has 3 nitrogen and oxygen atoms in total. The van der Waals surface area contributed by atoms with Crippen LogP contribution in [-0.2, 0) is 4.79 Å². The maximum absolute atomic E-state index is 12.1. The zero-order valence-electron chi connectivity index (χ0n) is 10.5. The summed E-state index contributed by atoms with van der Waals surface area (Å²) in [6.45, 7) is 2.06. The Hall–Kier alpha value is -0.870. The summed E-state index contributed by atoms with van der Waals surface area (Å²) in [6, 6.07) is 4.23. The van der Waals surface area contributed by atoms with Gasteiger partial charge >= 0.3 is 0 Å². The number of rotatable bonds is 4. The van der Waals surface area contributed by atoms with Gasteiger partial charge in [0.25, 0.3) is 0 Å². The van der Waals surface area contributed by atoms with Crippen LogP contribution in [0.3, 0.4) is 0 Å². The minimum atomic E-state index is -0.222. The summed E-state index contributed by atoms with van der Waals surface area (Å²) in [4.78, 5) is 15.2. The van der Waals surface area contributed by atoms with Gasteiger partial charge in [-0.05, 0) is 37.6 Å². The molecular weight excluding hydrogens is 232 g/mol. The van der Waals surface area contributed by atoms with Crippen LogP contribution in [0.25, 0.3) is 0 Å². The molecule has 0 saturated heterocycles. The molecule has 0 radical (unpaired) electrons. The lowest BCUT2D eigenvalue weighted by Crippen LogP contribution is -2.50. The molecule has 0 aromatic carbocycles. The molecule has 2 N–H and O–H groups in total. The Bertz CT molecular complexity index is 384. The molecule has 1 aromatic heterocycles. The second-order valence-electron chi connectivity index (χ2n) is 5.09. The Balaban J connectivity index is 1.95. The van der Waals surface area contributed by atoms with Crippen LogP contribution < -0.4 is 5.73 Å². The second-order valence-corrected chi connectivity index (χ2v) is 6.07. The number of hydrogen-bond donors (Lipinski definition) is 1. The smallest absolute Gasteiger partial charge is 0.224 e. The van der Waals surface area contributed by atoms with Crippen molar-refractivity contribution in [3.05, 3.63) is 22.4 Å². The van der Waals surface area contributed by atoms with E-state index in [1.807, 2.05) is 23.4 Å². The van der Waals surface area contributed by atoms with Crippen LogP contribution in [0.15, 0.2) is 17.5 Å². The van der Waals surface area contributed by atoms with Gasteiger partial charge in [0.15, 0.2) is 0 Å². The van der Waals surface area contributed by atoms with Crippen molar-refractivity contribution in [1.82, 2.24) is 4.90 Å². The van der Waals surface area contributed by atoms with E-state index in [-0.39, 0.29) is 17.5 Å².